The molecule has 1 unspecified atom stereocenters. The molecule has 122 valence electrons. The molecule has 0 aliphatic heterocycles. The van der Waals surface area contributed by atoms with Gasteiger partial charge in [0.25, 0.3) is 5.91 Å². The van der Waals surface area contributed by atoms with Gasteiger partial charge in [-0.1, -0.05) is 60.7 Å². The van der Waals surface area contributed by atoms with Crippen LogP contribution in [0, 0.1) is 0 Å². The molecule has 1 N–H and O–H groups in total. The maximum atomic E-state index is 12.2. The summed E-state index contributed by atoms with van der Waals surface area (Å²) in [6, 6.07) is 19.4. The summed E-state index contributed by atoms with van der Waals surface area (Å²) in [5.74, 6) is 0.371. The maximum Gasteiger partial charge on any atom is 0.255 e. The van der Waals surface area contributed by atoms with Gasteiger partial charge >= 0.3 is 0 Å². The van der Waals surface area contributed by atoms with Crippen LogP contribution in [0.15, 0.2) is 60.7 Å². The lowest BCUT2D eigenvalue weighted by atomic mass is 10.2. The van der Waals surface area contributed by atoms with E-state index >= 15 is 0 Å². The Morgan fingerprint density at radius 1 is 1.12 bits per heavy atom. The standard InChI is InChI=1S/C18H17N3O2S/c1-13(23-12-14-8-4-2-5-9-14)17(22)20-18-19-16(21-24-18)15-10-6-3-7-11-15/h2-11,13H,12H2,1H3,(H,19,20,21,22). The summed E-state index contributed by atoms with van der Waals surface area (Å²) in [5.41, 5.74) is 1.95. The first-order valence-corrected chi connectivity index (χ1v) is 8.35. The number of carbonyl (C=O) groups excluding carboxylic acids is 1. The van der Waals surface area contributed by atoms with Crippen LogP contribution in [0.3, 0.4) is 0 Å². The van der Waals surface area contributed by atoms with Gasteiger partial charge in [-0.2, -0.15) is 9.36 Å². The number of ether oxygens (including phenoxy) is 1. The summed E-state index contributed by atoms with van der Waals surface area (Å²) in [6.07, 6.45) is -0.575. The predicted molar refractivity (Wildman–Crippen MR) is 94.7 cm³/mol. The molecule has 6 heteroatoms. The zero-order valence-electron chi connectivity index (χ0n) is 13.2. The van der Waals surface area contributed by atoms with Crippen molar-refractivity contribution in [3.8, 4) is 11.4 Å². The van der Waals surface area contributed by atoms with Gasteiger partial charge in [-0.3, -0.25) is 10.1 Å². The molecule has 1 atom stereocenters. The van der Waals surface area contributed by atoms with E-state index in [0.717, 1.165) is 22.7 Å². The Morgan fingerprint density at radius 2 is 1.79 bits per heavy atom. The average Bonchev–Trinajstić information content (AvgIpc) is 3.10. The fourth-order valence-electron chi connectivity index (χ4n) is 2.06. The molecule has 0 saturated carbocycles. The van der Waals surface area contributed by atoms with Gasteiger partial charge in [0.2, 0.25) is 5.13 Å². The van der Waals surface area contributed by atoms with Gasteiger partial charge < -0.3 is 4.74 Å². The van der Waals surface area contributed by atoms with Crippen molar-refractivity contribution in [1.82, 2.24) is 9.36 Å². The lowest BCUT2D eigenvalue weighted by Crippen LogP contribution is -2.27. The molecule has 0 bridgehead atoms. The molecule has 1 heterocycles. The molecular formula is C18H17N3O2S. The Morgan fingerprint density at radius 3 is 2.50 bits per heavy atom. The van der Waals surface area contributed by atoms with Gasteiger partial charge in [0.15, 0.2) is 5.82 Å². The highest BCUT2D eigenvalue weighted by atomic mass is 32.1. The SMILES string of the molecule is CC(OCc1ccccc1)C(=O)Nc1nc(-c2ccccc2)ns1. The molecule has 0 spiro atoms. The van der Waals surface area contributed by atoms with Crippen molar-refractivity contribution in [2.75, 3.05) is 5.32 Å². The lowest BCUT2D eigenvalue weighted by Gasteiger charge is -2.11. The van der Waals surface area contributed by atoms with E-state index in [1.54, 1.807) is 6.92 Å². The summed E-state index contributed by atoms with van der Waals surface area (Å²) >= 11 is 1.16. The van der Waals surface area contributed by atoms with Crippen molar-refractivity contribution in [3.05, 3.63) is 66.2 Å². The molecule has 2 aromatic carbocycles. The van der Waals surface area contributed by atoms with Crippen LogP contribution in [0.25, 0.3) is 11.4 Å². The zero-order chi connectivity index (χ0) is 16.8. The minimum absolute atomic E-state index is 0.235. The summed E-state index contributed by atoms with van der Waals surface area (Å²) in [5, 5.41) is 3.22. The van der Waals surface area contributed by atoms with Crippen molar-refractivity contribution >= 4 is 22.6 Å². The fourth-order valence-corrected chi connectivity index (χ4v) is 2.65. The van der Waals surface area contributed by atoms with E-state index in [-0.39, 0.29) is 5.91 Å². The van der Waals surface area contributed by atoms with Crippen LogP contribution in [0.2, 0.25) is 0 Å². The maximum absolute atomic E-state index is 12.2. The van der Waals surface area contributed by atoms with E-state index in [1.165, 1.54) is 0 Å². The minimum atomic E-state index is -0.575. The Balaban J connectivity index is 1.55. The number of nitrogens with zero attached hydrogens (tertiary/aromatic N) is 2. The van der Waals surface area contributed by atoms with Crippen LogP contribution in [0.4, 0.5) is 5.13 Å². The van der Waals surface area contributed by atoms with Crippen LogP contribution in [-0.4, -0.2) is 21.4 Å². The molecule has 5 nitrogen and oxygen atoms in total. The third-order valence-electron chi connectivity index (χ3n) is 3.40. The van der Waals surface area contributed by atoms with Gasteiger partial charge in [-0.15, -0.1) is 0 Å². The second kappa shape index (κ2) is 7.81. The van der Waals surface area contributed by atoms with E-state index in [1.807, 2.05) is 60.7 Å². The number of hydrogen-bond acceptors (Lipinski definition) is 5. The third kappa shape index (κ3) is 4.24. The molecule has 1 amide bonds. The first kappa shape index (κ1) is 16.3. The van der Waals surface area contributed by atoms with E-state index in [0.29, 0.717) is 17.6 Å². The number of rotatable bonds is 6. The van der Waals surface area contributed by atoms with Gasteiger partial charge in [-0.25, -0.2) is 0 Å². The molecule has 3 rings (SSSR count). The summed E-state index contributed by atoms with van der Waals surface area (Å²) in [7, 11) is 0. The highest BCUT2D eigenvalue weighted by molar-refractivity contribution is 7.10. The largest absolute Gasteiger partial charge is 0.364 e. The monoisotopic (exact) mass is 339 g/mol. The lowest BCUT2D eigenvalue weighted by molar-refractivity contribution is -0.127. The number of hydrogen-bond donors (Lipinski definition) is 1. The molecule has 0 aliphatic carbocycles. The van der Waals surface area contributed by atoms with Gasteiger partial charge in [0.1, 0.15) is 6.10 Å². The average molecular weight is 339 g/mol. The molecule has 0 saturated heterocycles. The van der Waals surface area contributed by atoms with Crippen LogP contribution in [0.1, 0.15) is 12.5 Å². The number of anilines is 1. The Hall–Kier alpha value is -2.57. The normalized spacial score (nSPS) is 11.9. The second-order valence-corrected chi connectivity index (χ2v) is 5.97. The first-order valence-electron chi connectivity index (χ1n) is 7.58. The molecule has 0 radical (unpaired) electrons. The molecular weight excluding hydrogens is 322 g/mol. The second-order valence-electron chi connectivity index (χ2n) is 5.22. The number of nitrogens with one attached hydrogen (secondary N) is 1. The topological polar surface area (TPSA) is 64.1 Å². The van der Waals surface area contributed by atoms with Crippen molar-refractivity contribution in [3.63, 3.8) is 0 Å². The first-order chi connectivity index (χ1) is 11.7. The number of carbonyl (C=O) groups is 1. The third-order valence-corrected chi connectivity index (χ3v) is 4.03. The summed E-state index contributed by atoms with van der Waals surface area (Å²) < 4.78 is 9.87. The van der Waals surface area contributed by atoms with Crippen molar-refractivity contribution < 1.29 is 9.53 Å². The number of benzene rings is 2. The molecule has 0 aliphatic rings. The van der Waals surface area contributed by atoms with Gasteiger partial charge in [0, 0.05) is 17.1 Å². The molecule has 3 aromatic rings. The highest BCUT2D eigenvalue weighted by Gasteiger charge is 2.16. The molecule has 1 aromatic heterocycles. The van der Waals surface area contributed by atoms with E-state index in [4.69, 9.17) is 4.74 Å². The number of aromatic nitrogens is 2. The van der Waals surface area contributed by atoms with E-state index in [9.17, 15) is 4.79 Å². The summed E-state index contributed by atoms with van der Waals surface area (Å²) in [4.78, 5) is 16.5. The van der Waals surface area contributed by atoms with Crippen molar-refractivity contribution in [1.29, 1.82) is 0 Å². The molecule has 24 heavy (non-hydrogen) atoms. The highest BCUT2D eigenvalue weighted by Crippen LogP contribution is 2.20. The minimum Gasteiger partial charge on any atom is -0.364 e. The molecule has 0 fully saturated rings. The van der Waals surface area contributed by atoms with Crippen LogP contribution in [-0.2, 0) is 16.1 Å². The fraction of sp³-hybridized carbons (Fsp3) is 0.167. The Bertz CT molecular complexity index is 790. The summed E-state index contributed by atoms with van der Waals surface area (Å²) in [6.45, 7) is 2.11. The predicted octanol–water partition coefficient (Wildman–Crippen LogP) is 3.75. The quantitative estimate of drug-likeness (QED) is 0.743. The zero-order valence-corrected chi connectivity index (χ0v) is 14.0. The van der Waals surface area contributed by atoms with E-state index < -0.39 is 6.10 Å². The van der Waals surface area contributed by atoms with Crippen LogP contribution in [0.5, 0.6) is 0 Å². The van der Waals surface area contributed by atoms with Gasteiger partial charge in [-0.05, 0) is 12.5 Å². The Labute approximate surface area is 144 Å². The van der Waals surface area contributed by atoms with Crippen LogP contribution < -0.4 is 5.32 Å². The Kier molecular flexibility index (Phi) is 5.30. The van der Waals surface area contributed by atoms with Crippen LogP contribution >= 0.6 is 11.5 Å². The smallest absolute Gasteiger partial charge is 0.255 e. The van der Waals surface area contributed by atoms with Gasteiger partial charge in [0.05, 0.1) is 6.61 Å². The van der Waals surface area contributed by atoms with Crippen molar-refractivity contribution in [2.45, 2.75) is 19.6 Å². The van der Waals surface area contributed by atoms with E-state index in [2.05, 4.69) is 14.7 Å². The van der Waals surface area contributed by atoms with Crippen molar-refractivity contribution in [2.24, 2.45) is 0 Å². The number of amides is 1.